The number of nitrogens with one attached hydrogen (secondary N) is 3. The Balaban J connectivity index is 1.19. The number of carbonyl (C=O) groups is 1. The van der Waals surface area contributed by atoms with Crippen molar-refractivity contribution in [1.82, 2.24) is 20.2 Å². The number of rotatable bonds is 7. The predicted molar refractivity (Wildman–Crippen MR) is 140 cm³/mol. The van der Waals surface area contributed by atoms with E-state index in [0.29, 0.717) is 22.9 Å². The Morgan fingerprint density at radius 3 is 2.19 bits per heavy atom. The molecule has 0 saturated carbocycles. The number of anilines is 2. The zero-order valence-electron chi connectivity index (χ0n) is 20.0. The van der Waals surface area contributed by atoms with E-state index < -0.39 is 0 Å². The number of aromatic nitrogens is 2. The quantitative estimate of drug-likeness (QED) is 0.356. The standard InChI is InChI=1S/C27H28N6O3/c1-35-22-6-2-19(3-7-22)31-27(34)32-20-4-8-23(9-5-20)36-24-10-11-25-26(16-24)30-21(17-29-25)18-33-14-12-28-13-15-33/h2-11,16-17,28H,12-15,18H2,1H3,(H2,31,32,34). The van der Waals surface area contributed by atoms with Crippen LogP contribution in [0, 0.1) is 0 Å². The molecule has 2 heterocycles. The molecule has 0 radical (unpaired) electrons. The number of hydrogen-bond acceptors (Lipinski definition) is 7. The summed E-state index contributed by atoms with van der Waals surface area (Å²) in [5.41, 5.74) is 3.89. The van der Waals surface area contributed by atoms with Crippen molar-refractivity contribution < 1.29 is 14.3 Å². The van der Waals surface area contributed by atoms with Crippen LogP contribution in [0.15, 0.2) is 72.9 Å². The Kier molecular flexibility index (Phi) is 7.20. The number of methoxy groups -OCH3 is 1. The molecule has 0 aliphatic carbocycles. The minimum Gasteiger partial charge on any atom is -0.497 e. The van der Waals surface area contributed by atoms with Gasteiger partial charge in [-0.25, -0.2) is 9.78 Å². The molecule has 4 aromatic rings. The number of nitrogens with zero attached hydrogens (tertiary/aromatic N) is 3. The van der Waals surface area contributed by atoms with Crippen LogP contribution in [-0.4, -0.2) is 54.2 Å². The molecule has 9 heteroatoms. The van der Waals surface area contributed by atoms with Crippen molar-refractivity contribution in [3.63, 3.8) is 0 Å². The highest BCUT2D eigenvalue weighted by molar-refractivity contribution is 5.99. The summed E-state index contributed by atoms with van der Waals surface area (Å²) >= 11 is 0. The van der Waals surface area contributed by atoms with Gasteiger partial charge in [0.2, 0.25) is 0 Å². The van der Waals surface area contributed by atoms with Gasteiger partial charge in [0.1, 0.15) is 17.2 Å². The SMILES string of the molecule is COc1ccc(NC(=O)Nc2ccc(Oc3ccc4ncc(CN5CCNCC5)nc4c3)cc2)cc1. The molecule has 0 spiro atoms. The van der Waals surface area contributed by atoms with Gasteiger partial charge in [-0.15, -0.1) is 0 Å². The first-order chi connectivity index (χ1) is 17.6. The largest absolute Gasteiger partial charge is 0.497 e. The molecule has 2 amide bonds. The van der Waals surface area contributed by atoms with Crippen LogP contribution in [-0.2, 0) is 6.54 Å². The van der Waals surface area contributed by atoms with Crippen molar-refractivity contribution >= 4 is 28.4 Å². The molecule has 1 fully saturated rings. The molecule has 1 aromatic heterocycles. The van der Waals surface area contributed by atoms with Crippen LogP contribution in [0.5, 0.6) is 17.2 Å². The molecule has 0 unspecified atom stereocenters. The van der Waals surface area contributed by atoms with Gasteiger partial charge >= 0.3 is 6.03 Å². The molecule has 3 aromatic carbocycles. The first-order valence-electron chi connectivity index (χ1n) is 11.8. The van der Waals surface area contributed by atoms with Gasteiger partial charge in [-0.3, -0.25) is 9.88 Å². The van der Waals surface area contributed by atoms with Crippen LogP contribution in [0.25, 0.3) is 11.0 Å². The second-order valence-corrected chi connectivity index (χ2v) is 8.47. The minimum atomic E-state index is -0.335. The second kappa shape index (κ2) is 11.0. The highest BCUT2D eigenvalue weighted by atomic mass is 16.5. The molecule has 1 aliphatic heterocycles. The number of hydrogen-bond donors (Lipinski definition) is 3. The molecule has 0 atom stereocenters. The molecular formula is C27H28N6O3. The molecule has 0 bridgehead atoms. The van der Waals surface area contributed by atoms with Crippen molar-refractivity contribution in [2.24, 2.45) is 0 Å². The zero-order valence-corrected chi connectivity index (χ0v) is 20.0. The number of amides is 2. The van der Waals surface area contributed by atoms with Crippen molar-refractivity contribution in [2.45, 2.75) is 6.54 Å². The molecule has 5 rings (SSSR count). The highest BCUT2D eigenvalue weighted by Gasteiger charge is 2.12. The first kappa shape index (κ1) is 23.5. The van der Waals surface area contributed by atoms with E-state index in [1.807, 2.05) is 24.4 Å². The van der Waals surface area contributed by atoms with E-state index in [9.17, 15) is 4.79 Å². The van der Waals surface area contributed by atoms with Crippen molar-refractivity contribution in [2.75, 3.05) is 43.9 Å². The summed E-state index contributed by atoms with van der Waals surface area (Å²) in [4.78, 5) is 24.0. The molecular weight excluding hydrogens is 456 g/mol. The fraction of sp³-hybridized carbons (Fsp3) is 0.222. The van der Waals surface area contributed by atoms with E-state index in [1.54, 1.807) is 55.6 Å². The normalized spacial score (nSPS) is 13.8. The van der Waals surface area contributed by atoms with E-state index in [1.165, 1.54) is 0 Å². The highest BCUT2D eigenvalue weighted by Crippen LogP contribution is 2.26. The number of fused-ring (bicyclic) bond motifs is 1. The Morgan fingerprint density at radius 1 is 0.889 bits per heavy atom. The summed E-state index contributed by atoms with van der Waals surface area (Å²) in [6.45, 7) is 4.81. The van der Waals surface area contributed by atoms with Gasteiger partial charge in [-0.1, -0.05) is 0 Å². The third kappa shape index (κ3) is 6.07. The lowest BCUT2D eigenvalue weighted by Crippen LogP contribution is -2.43. The van der Waals surface area contributed by atoms with Gasteiger partial charge in [0, 0.05) is 50.2 Å². The van der Waals surface area contributed by atoms with Gasteiger partial charge in [0.05, 0.1) is 30.0 Å². The first-order valence-corrected chi connectivity index (χ1v) is 11.8. The fourth-order valence-electron chi connectivity index (χ4n) is 3.98. The van der Waals surface area contributed by atoms with Crippen LogP contribution in [0.4, 0.5) is 16.2 Å². The number of urea groups is 1. The lowest BCUT2D eigenvalue weighted by atomic mass is 10.2. The van der Waals surface area contributed by atoms with Crippen LogP contribution < -0.4 is 25.4 Å². The Morgan fingerprint density at radius 2 is 1.53 bits per heavy atom. The molecule has 184 valence electrons. The average molecular weight is 485 g/mol. The van der Waals surface area contributed by atoms with Gasteiger partial charge in [0.25, 0.3) is 0 Å². The van der Waals surface area contributed by atoms with Crippen LogP contribution in [0.2, 0.25) is 0 Å². The summed E-state index contributed by atoms with van der Waals surface area (Å²) in [5, 5.41) is 8.96. The molecule has 1 aliphatic rings. The third-order valence-corrected chi connectivity index (χ3v) is 5.85. The van der Waals surface area contributed by atoms with Gasteiger partial charge in [0.15, 0.2) is 0 Å². The maximum Gasteiger partial charge on any atom is 0.323 e. The summed E-state index contributed by atoms with van der Waals surface area (Å²) < 4.78 is 11.2. The smallest absolute Gasteiger partial charge is 0.323 e. The minimum absolute atomic E-state index is 0.335. The monoisotopic (exact) mass is 484 g/mol. The molecule has 1 saturated heterocycles. The lowest BCUT2D eigenvalue weighted by molar-refractivity contribution is 0.230. The fourth-order valence-corrected chi connectivity index (χ4v) is 3.98. The maximum atomic E-state index is 12.3. The summed E-state index contributed by atoms with van der Waals surface area (Å²) in [5.74, 6) is 2.06. The number of benzene rings is 3. The summed E-state index contributed by atoms with van der Waals surface area (Å²) in [6.07, 6.45) is 1.85. The average Bonchev–Trinajstić information content (AvgIpc) is 2.91. The Hall–Kier alpha value is -4.21. The summed E-state index contributed by atoms with van der Waals surface area (Å²) in [6, 6.07) is 19.7. The topological polar surface area (TPSA) is 101 Å². The molecule has 9 nitrogen and oxygen atoms in total. The van der Waals surface area contributed by atoms with Gasteiger partial charge < -0.3 is 25.4 Å². The van der Waals surface area contributed by atoms with Gasteiger partial charge in [-0.2, -0.15) is 0 Å². The van der Waals surface area contributed by atoms with E-state index in [0.717, 1.165) is 55.2 Å². The Labute approximate surface area is 209 Å². The van der Waals surface area contributed by atoms with E-state index >= 15 is 0 Å². The van der Waals surface area contributed by atoms with E-state index in [4.69, 9.17) is 14.5 Å². The second-order valence-electron chi connectivity index (χ2n) is 8.47. The maximum absolute atomic E-state index is 12.3. The third-order valence-electron chi connectivity index (χ3n) is 5.85. The van der Waals surface area contributed by atoms with Crippen LogP contribution >= 0.6 is 0 Å². The summed E-state index contributed by atoms with van der Waals surface area (Å²) in [7, 11) is 1.60. The Bertz CT molecular complexity index is 1320. The van der Waals surface area contributed by atoms with Crippen LogP contribution in [0.3, 0.4) is 0 Å². The number of carbonyl (C=O) groups excluding carboxylic acids is 1. The molecule has 3 N–H and O–H groups in total. The number of piperazine rings is 1. The number of ether oxygens (including phenoxy) is 2. The lowest BCUT2D eigenvalue weighted by Gasteiger charge is -2.26. The van der Waals surface area contributed by atoms with Crippen molar-refractivity contribution in [1.29, 1.82) is 0 Å². The van der Waals surface area contributed by atoms with Crippen molar-refractivity contribution in [3.8, 4) is 17.2 Å². The molecule has 36 heavy (non-hydrogen) atoms. The van der Waals surface area contributed by atoms with Crippen LogP contribution in [0.1, 0.15) is 5.69 Å². The van der Waals surface area contributed by atoms with Crippen molar-refractivity contribution in [3.05, 3.63) is 78.6 Å². The van der Waals surface area contributed by atoms with E-state index in [-0.39, 0.29) is 6.03 Å². The zero-order chi connectivity index (χ0) is 24.7. The van der Waals surface area contributed by atoms with E-state index in [2.05, 4.69) is 25.8 Å². The predicted octanol–water partition coefficient (Wildman–Crippen LogP) is 4.48. The van der Waals surface area contributed by atoms with Gasteiger partial charge in [-0.05, 0) is 60.7 Å².